The highest BCUT2D eigenvalue weighted by molar-refractivity contribution is 4.67. The number of rotatable bonds is 29. The first-order valence-electron chi connectivity index (χ1n) is 16.2. The summed E-state index contributed by atoms with van der Waals surface area (Å²) in [6.07, 6.45) is 40.8. The van der Waals surface area contributed by atoms with E-state index in [0.717, 1.165) is 18.8 Å². The van der Waals surface area contributed by atoms with Crippen LogP contribution in [-0.2, 0) is 0 Å². The number of hydrogen-bond acceptors (Lipinski definition) is 1. The minimum atomic E-state index is 0.749. The fraction of sp³-hybridized carbons (Fsp3) is 0.970. The summed E-state index contributed by atoms with van der Waals surface area (Å²) in [4.78, 5) is 0. The third-order valence-corrected chi connectivity index (χ3v) is 7.79. The molecular weight excluding hydrogens is 410 g/mol. The molecule has 1 unspecified atom stereocenters. The van der Waals surface area contributed by atoms with Crippen molar-refractivity contribution in [2.45, 2.75) is 200 Å². The number of nitrogens with zero attached hydrogens (tertiary/aromatic N) is 1. The maximum absolute atomic E-state index is 8.53. The molecule has 0 amide bonds. The van der Waals surface area contributed by atoms with Crippen molar-refractivity contribution in [3.8, 4) is 6.07 Å². The van der Waals surface area contributed by atoms with Crippen LogP contribution in [0.4, 0.5) is 0 Å². The zero-order valence-corrected chi connectivity index (χ0v) is 24.0. The van der Waals surface area contributed by atoms with E-state index in [1.54, 1.807) is 0 Å². The highest BCUT2D eigenvalue weighted by Crippen LogP contribution is 2.19. The van der Waals surface area contributed by atoms with Gasteiger partial charge in [0, 0.05) is 6.42 Å². The van der Waals surface area contributed by atoms with Crippen molar-refractivity contribution in [3.63, 3.8) is 0 Å². The Labute approximate surface area is 217 Å². The molecule has 0 rings (SSSR count). The summed E-state index contributed by atoms with van der Waals surface area (Å²) in [5, 5.41) is 8.53. The summed E-state index contributed by atoms with van der Waals surface area (Å²) in [6.45, 7) is 4.79. The smallest absolute Gasteiger partial charge is 0.0621 e. The average molecular weight is 476 g/mol. The molecule has 0 aliphatic carbocycles. The lowest BCUT2D eigenvalue weighted by atomic mass is 9.95. The predicted molar refractivity (Wildman–Crippen MR) is 154 cm³/mol. The molecule has 0 aromatic carbocycles. The molecular formula is C33H65N. The molecule has 1 heteroatoms. The van der Waals surface area contributed by atoms with Crippen molar-refractivity contribution in [3.05, 3.63) is 0 Å². The second-order valence-electron chi connectivity index (χ2n) is 11.4. The average Bonchev–Trinajstić information content (AvgIpc) is 2.84. The van der Waals surface area contributed by atoms with E-state index in [9.17, 15) is 0 Å². The molecule has 0 fully saturated rings. The van der Waals surface area contributed by atoms with Gasteiger partial charge in [-0.15, -0.1) is 0 Å². The summed E-state index contributed by atoms with van der Waals surface area (Å²) in [6, 6.07) is 2.24. The van der Waals surface area contributed by atoms with E-state index < -0.39 is 0 Å². The second-order valence-corrected chi connectivity index (χ2v) is 11.4. The molecule has 0 radical (unpaired) electrons. The summed E-state index contributed by atoms with van der Waals surface area (Å²) < 4.78 is 0. The van der Waals surface area contributed by atoms with Crippen LogP contribution in [0, 0.1) is 17.2 Å². The summed E-state index contributed by atoms with van der Waals surface area (Å²) in [7, 11) is 0. The molecule has 1 atom stereocenters. The molecule has 0 spiro atoms. The topological polar surface area (TPSA) is 23.8 Å². The van der Waals surface area contributed by atoms with E-state index in [0.29, 0.717) is 0 Å². The molecule has 0 bridgehead atoms. The lowest BCUT2D eigenvalue weighted by Gasteiger charge is -2.11. The summed E-state index contributed by atoms with van der Waals surface area (Å²) in [5.74, 6) is 0.957. The number of unbranched alkanes of at least 4 members (excludes halogenated alkanes) is 25. The maximum atomic E-state index is 8.53. The van der Waals surface area contributed by atoms with Crippen molar-refractivity contribution < 1.29 is 0 Å². The van der Waals surface area contributed by atoms with Crippen molar-refractivity contribution in [1.82, 2.24) is 0 Å². The third-order valence-electron chi connectivity index (χ3n) is 7.79. The summed E-state index contributed by atoms with van der Waals surface area (Å²) in [5.41, 5.74) is 0. The van der Waals surface area contributed by atoms with E-state index in [-0.39, 0.29) is 0 Å². The van der Waals surface area contributed by atoms with Gasteiger partial charge < -0.3 is 0 Å². The van der Waals surface area contributed by atoms with Gasteiger partial charge in [-0.2, -0.15) is 5.26 Å². The van der Waals surface area contributed by atoms with Crippen LogP contribution in [0.3, 0.4) is 0 Å². The zero-order chi connectivity index (χ0) is 24.8. The van der Waals surface area contributed by atoms with Crippen molar-refractivity contribution in [2.75, 3.05) is 0 Å². The highest BCUT2D eigenvalue weighted by Gasteiger charge is 2.02. The largest absolute Gasteiger partial charge is 0.198 e. The highest BCUT2D eigenvalue weighted by atomic mass is 14.2. The molecule has 0 aromatic rings. The van der Waals surface area contributed by atoms with Crippen LogP contribution in [0.5, 0.6) is 0 Å². The molecule has 0 aromatic heterocycles. The van der Waals surface area contributed by atoms with Crippen molar-refractivity contribution in [2.24, 2.45) is 5.92 Å². The SMILES string of the molecule is CCCCCCCCCCCC(C)CCCCCCCCCCCCCCCCCCCC#N. The molecule has 0 saturated heterocycles. The van der Waals surface area contributed by atoms with Gasteiger partial charge in [-0.25, -0.2) is 0 Å². The van der Waals surface area contributed by atoms with E-state index in [1.165, 1.54) is 173 Å². The van der Waals surface area contributed by atoms with Crippen molar-refractivity contribution >= 4 is 0 Å². The van der Waals surface area contributed by atoms with E-state index >= 15 is 0 Å². The maximum Gasteiger partial charge on any atom is 0.0621 e. The Morgan fingerprint density at radius 1 is 0.412 bits per heavy atom. The standard InChI is InChI=1S/C33H65N/c1-3-4-5-6-7-18-21-24-27-30-33(2)31-28-25-22-19-16-14-12-10-8-9-11-13-15-17-20-23-26-29-32-34/h33H,3-31H2,1-2H3. The normalized spacial score (nSPS) is 12.1. The Morgan fingerprint density at radius 3 is 0.971 bits per heavy atom. The van der Waals surface area contributed by atoms with E-state index in [2.05, 4.69) is 19.9 Å². The van der Waals surface area contributed by atoms with Crippen LogP contribution in [-0.4, -0.2) is 0 Å². The predicted octanol–water partition coefficient (Wildman–Crippen LogP) is 12.5. The fourth-order valence-electron chi connectivity index (χ4n) is 5.30. The van der Waals surface area contributed by atoms with Crippen LogP contribution in [0.1, 0.15) is 200 Å². The van der Waals surface area contributed by atoms with Gasteiger partial charge in [0.25, 0.3) is 0 Å². The van der Waals surface area contributed by atoms with Gasteiger partial charge in [-0.1, -0.05) is 187 Å². The van der Waals surface area contributed by atoms with Gasteiger partial charge in [0.15, 0.2) is 0 Å². The first-order chi connectivity index (χ1) is 16.8. The second kappa shape index (κ2) is 30.5. The molecule has 34 heavy (non-hydrogen) atoms. The van der Waals surface area contributed by atoms with E-state index in [4.69, 9.17) is 5.26 Å². The van der Waals surface area contributed by atoms with Crippen LogP contribution >= 0.6 is 0 Å². The van der Waals surface area contributed by atoms with Crippen LogP contribution in [0.25, 0.3) is 0 Å². The van der Waals surface area contributed by atoms with Gasteiger partial charge in [-0.05, 0) is 12.3 Å². The molecule has 0 N–H and O–H groups in total. The quantitative estimate of drug-likeness (QED) is 0.0986. The Balaban J connectivity index is 3.12. The van der Waals surface area contributed by atoms with Gasteiger partial charge in [-0.3, -0.25) is 0 Å². The van der Waals surface area contributed by atoms with Gasteiger partial charge >= 0.3 is 0 Å². The Kier molecular flexibility index (Phi) is 30.1. The molecule has 0 heterocycles. The first kappa shape index (κ1) is 33.5. The van der Waals surface area contributed by atoms with Gasteiger partial charge in [0.05, 0.1) is 6.07 Å². The number of nitriles is 1. The van der Waals surface area contributed by atoms with Crippen molar-refractivity contribution in [1.29, 1.82) is 5.26 Å². The van der Waals surface area contributed by atoms with E-state index in [1.807, 2.05) is 0 Å². The molecule has 1 nitrogen and oxygen atoms in total. The third kappa shape index (κ3) is 29.5. The first-order valence-corrected chi connectivity index (χ1v) is 16.2. The monoisotopic (exact) mass is 476 g/mol. The van der Waals surface area contributed by atoms with Crippen LogP contribution in [0.2, 0.25) is 0 Å². The molecule has 0 saturated carbocycles. The molecule has 0 aliphatic rings. The number of hydrogen-bond donors (Lipinski definition) is 0. The van der Waals surface area contributed by atoms with Crippen LogP contribution in [0.15, 0.2) is 0 Å². The Morgan fingerprint density at radius 2 is 0.676 bits per heavy atom. The van der Waals surface area contributed by atoms with Gasteiger partial charge in [0.1, 0.15) is 0 Å². The minimum absolute atomic E-state index is 0.749. The Hall–Kier alpha value is -0.510. The lowest BCUT2D eigenvalue weighted by molar-refractivity contribution is 0.430. The van der Waals surface area contributed by atoms with Gasteiger partial charge in [0.2, 0.25) is 0 Å². The lowest BCUT2D eigenvalue weighted by Crippen LogP contribution is -1.95. The minimum Gasteiger partial charge on any atom is -0.198 e. The molecule has 202 valence electrons. The Bertz CT molecular complexity index is 396. The molecule has 0 aliphatic heterocycles. The summed E-state index contributed by atoms with van der Waals surface area (Å²) >= 11 is 0. The van der Waals surface area contributed by atoms with Crippen LogP contribution < -0.4 is 0 Å². The zero-order valence-electron chi connectivity index (χ0n) is 24.0. The fourth-order valence-corrected chi connectivity index (χ4v) is 5.30.